The molecule has 3 rings (SSSR count). The Balaban J connectivity index is 1.80. The lowest BCUT2D eigenvalue weighted by molar-refractivity contribution is -0.0248. The summed E-state index contributed by atoms with van der Waals surface area (Å²) < 4.78 is 0. The molecule has 1 nitrogen and oxygen atoms in total. The molecule has 16 heavy (non-hydrogen) atoms. The van der Waals surface area contributed by atoms with E-state index < -0.39 is 5.60 Å². The second-order valence-corrected chi connectivity index (χ2v) is 6.79. The standard InChI is InChI=1S/C14H20OS/c1-10-7-13(9-16-10)14(15)6-2-3-12(8-14)11-4-5-11/h7,9,11-12,15H,2-6,8H2,1H3. The van der Waals surface area contributed by atoms with E-state index in [1.54, 1.807) is 11.3 Å². The first kappa shape index (κ1) is 10.8. The third-order valence-corrected chi connectivity index (χ3v) is 5.18. The molecule has 0 saturated heterocycles. The molecule has 2 heteroatoms. The molecule has 0 amide bonds. The van der Waals surface area contributed by atoms with E-state index in [0.29, 0.717) is 0 Å². The Kier molecular flexibility index (Phi) is 2.60. The van der Waals surface area contributed by atoms with Crippen molar-refractivity contribution in [3.8, 4) is 0 Å². The monoisotopic (exact) mass is 236 g/mol. The molecular weight excluding hydrogens is 216 g/mol. The maximum absolute atomic E-state index is 10.8. The van der Waals surface area contributed by atoms with Crippen LogP contribution in [0, 0.1) is 18.8 Å². The molecule has 1 N–H and O–H groups in total. The number of aryl methyl sites for hydroxylation is 1. The Morgan fingerprint density at radius 2 is 2.12 bits per heavy atom. The Morgan fingerprint density at radius 1 is 1.31 bits per heavy atom. The minimum absolute atomic E-state index is 0.504. The van der Waals surface area contributed by atoms with Crippen LogP contribution in [0.3, 0.4) is 0 Å². The van der Waals surface area contributed by atoms with Crippen molar-refractivity contribution in [2.24, 2.45) is 11.8 Å². The fourth-order valence-corrected chi connectivity index (χ4v) is 4.01. The van der Waals surface area contributed by atoms with Crippen LogP contribution in [0.4, 0.5) is 0 Å². The molecule has 2 unspecified atom stereocenters. The molecule has 2 aliphatic carbocycles. The molecule has 2 fully saturated rings. The van der Waals surface area contributed by atoms with Gasteiger partial charge in [-0.2, -0.15) is 0 Å². The Bertz CT molecular complexity index is 380. The van der Waals surface area contributed by atoms with E-state index >= 15 is 0 Å². The first-order valence-corrected chi connectivity index (χ1v) is 7.33. The average Bonchev–Trinajstić information content (AvgIpc) is 3.01. The summed E-state index contributed by atoms with van der Waals surface area (Å²) in [5.74, 6) is 1.73. The molecule has 1 aromatic rings. The number of rotatable bonds is 2. The predicted octanol–water partition coefficient (Wildman–Crippen LogP) is 3.84. The normalized spacial score (nSPS) is 35.2. The quantitative estimate of drug-likeness (QED) is 0.827. The molecule has 0 bridgehead atoms. The van der Waals surface area contributed by atoms with Gasteiger partial charge >= 0.3 is 0 Å². The van der Waals surface area contributed by atoms with Crippen LogP contribution in [0.2, 0.25) is 0 Å². The van der Waals surface area contributed by atoms with Gasteiger partial charge in [0.15, 0.2) is 0 Å². The lowest BCUT2D eigenvalue weighted by atomic mass is 9.73. The van der Waals surface area contributed by atoms with Crippen molar-refractivity contribution >= 4 is 11.3 Å². The third-order valence-electron chi connectivity index (χ3n) is 4.32. The average molecular weight is 236 g/mol. The van der Waals surface area contributed by atoms with Crippen LogP contribution in [0.5, 0.6) is 0 Å². The summed E-state index contributed by atoms with van der Waals surface area (Å²) >= 11 is 1.76. The second kappa shape index (κ2) is 3.85. The van der Waals surface area contributed by atoms with Crippen LogP contribution in [0.25, 0.3) is 0 Å². The van der Waals surface area contributed by atoms with Gasteiger partial charge in [0, 0.05) is 4.88 Å². The molecule has 2 saturated carbocycles. The van der Waals surface area contributed by atoms with E-state index in [1.165, 1.54) is 36.1 Å². The fraction of sp³-hybridized carbons (Fsp3) is 0.714. The van der Waals surface area contributed by atoms with E-state index in [4.69, 9.17) is 0 Å². The molecule has 2 aliphatic rings. The second-order valence-electron chi connectivity index (χ2n) is 5.67. The SMILES string of the molecule is Cc1cc(C2(O)CCCC(C3CC3)C2)cs1. The molecule has 1 aromatic heterocycles. The van der Waals surface area contributed by atoms with Crippen LogP contribution in [-0.2, 0) is 5.60 Å². The molecule has 0 aliphatic heterocycles. The van der Waals surface area contributed by atoms with Gasteiger partial charge in [-0.25, -0.2) is 0 Å². The summed E-state index contributed by atoms with van der Waals surface area (Å²) in [4.78, 5) is 1.32. The van der Waals surface area contributed by atoms with Gasteiger partial charge in [0.2, 0.25) is 0 Å². The van der Waals surface area contributed by atoms with Gasteiger partial charge in [0.25, 0.3) is 0 Å². The summed E-state index contributed by atoms with van der Waals surface area (Å²) in [7, 11) is 0. The highest BCUT2D eigenvalue weighted by Crippen LogP contribution is 2.49. The molecule has 1 heterocycles. The van der Waals surface area contributed by atoms with Gasteiger partial charge in [0.1, 0.15) is 0 Å². The van der Waals surface area contributed by atoms with Crippen molar-refractivity contribution in [3.05, 3.63) is 21.9 Å². The number of aliphatic hydroxyl groups is 1. The predicted molar refractivity (Wildman–Crippen MR) is 67.6 cm³/mol. The van der Waals surface area contributed by atoms with E-state index in [0.717, 1.165) is 24.7 Å². The van der Waals surface area contributed by atoms with E-state index in [2.05, 4.69) is 18.4 Å². The van der Waals surface area contributed by atoms with Crippen LogP contribution in [-0.4, -0.2) is 5.11 Å². The lowest BCUT2D eigenvalue weighted by Crippen LogP contribution is -2.33. The summed E-state index contributed by atoms with van der Waals surface area (Å²) in [5, 5.41) is 13.0. The lowest BCUT2D eigenvalue weighted by Gasteiger charge is -2.36. The van der Waals surface area contributed by atoms with Crippen LogP contribution in [0.1, 0.15) is 49.0 Å². The van der Waals surface area contributed by atoms with Crippen molar-refractivity contribution in [3.63, 3.8) is 0 Å². The largest absolute Gasteiger partial charge is 0.385 e. The number of thiophene rings is 1. The van der Waals surface area contributed by atoms with E-state index in [9.17, 15) is 5.11 Å². The molecule has 0 spiro atoms. The summed E-state index contributed by atoms with van der Waals surface area (Å²) in [6, 6.07) is 2.18. The van der Waals surface area contributed by atoms with Gasteiger partial charge in [-0.3, -0.25) is 0 Å². The van der Waals surface area contributed by atoms with Crippen LogP contribution in [0.15, 0.2) is 11.4 Å². The van der Waals surface area contributed by atoms with Gasteiger partial charge in [0.05, 0.1) is 5.60 Å². The molecule has 0 aromatic carbocycles. The highest BCUT2D eigenvalue weighted by Gasteiger charge is 2.42. The zero-order chi connectivity index (χ0) is 11.2. The van der Waals surface area contributed by atoms with Crippen LogP contribution < -0.4 is 0 Å². The first-order chi connectivity index (χ1) is 7.67. The Morgan fingerprint density at radius 3 is 2.75 bits per heavy atom. The Hall–Kier alpha value is -0.340. The number of hydrogen-bond acceptors (Lipinski definition) is 2. The van der Waals surface area contributed by atoms with Crippen molar-refractivity contribution in [1.82, 2.24) is 0 Å². The zero-order valence-corrected chi connectivity index (χ0v) is 10.7. The van der Waals surface area contributed by atoms with E-state index in [-0.39, 0.29) is 0 Å². The highest BCUT2D eigenvalue weighted by atomic mass is 32.1. The van der Waals surface area contributed by atoms with Crippen molar-refractivity contribution < 1.29 is 5.11 Å². The molecular formula is C14H20OS. The number of hydrogen-bond donors (Lipinski definition) is 1. The highest BCUT2D eigenvalue weighted by molar-refractivity contribution is 7.10. The smallest absolute Gasteiger partial charge is 0.0907 e. The fourth-order valence-electron chi connectivity index (χ4n) is 3.21. The first-order valence-electron chi connectivity index (χ1n) is 6.45. The minimum Gasteiger partial charge on any atom is -0.385 e. The summed E-state index contributed by atoms with van der Waals surface area (Å²) in [6.45, 7) is 2.12. The maximum atomic E-state index is 10.8. The zero-order valence-electron chi connectivity index (χ0n) is 9.91. The third kappa shape index (κ3) is 1.93. The molecule has 2 atom stereocenters. The van der Waals surface area contributed by atoms with Crippen LogP contribution >= 0.6 is 11.3 Å². The molecule has 88 valence electrons. The van der Waals surface area contributed by atoms with Gasteiger partial charge in [-0.05, 0) is 74.3 Å². The molecule has 0 radical (unpaired) electrons. The summed E-state index contributed by atoms with van der Waals surface area (Å²) in [5.41, 5.74) is 0.677. The van der Waals surface area contributed by atoms with Crippen molar-refractivity contribution in [1.29, 1.82) is 0 Å². The summed E-state index contributed by atoms with van der Waals surface area (Å²) in [6.07, 6.45) is 7.33. The maximum Gasteiger partial charge on any atom is 0.0907 e. The van der Waals surface area contributed by atoms with Crippen molar-refractivity contribution in [2.75, 3.05) is 0 Å². The van der Waals surface area contributed by atoms with Gasteiger partial charge < -0.3 is 5.11 Å². The topological polar surface area (TPSA) is 20.2 Å². The minimum atomic E-state index is -0.504. The van der Waals surface area contributed by atoms with Crippen molar-refractivity contribution in [2.45, 2.75) is 51.0 Å². The van der Waals surface area contributed by atoms with Gasteiger partial charge in [-0.15, -0.1) is 11.3 Å². The van der Waals surface area contributed by atoms with E-state index in [1.807, 2.05) is 0 Å². The van der Waals surface area contributed by atoms with Gasteiger partial charge in [-0.1, -0.05) is 0 Å². The Labute approximate surface area is 102 Å².